The van der Waals surface area contributed by atoms with E-state index in [1.54, 1.807) is 0 Å². The predicted octanol–water partition coefficient (Wildman–Crippen LogP) is 2.21. The Balaban J connectivity index is 2.15. The minimum absolute atomic E-state index is 0.318. The summed E-state index contributed by atoms with van der Waals surface area (Å²) in [5, 5.41) is 6.09. The van der Waals surface area contributed by atoms with Gasteiger partial charge in [-0.15, -0.1) is 0 Å². The Labute approximate surface area is 111 Å². The van der Waals surface area contributed by atoms with Gasteiger partial charge >= 0.3 is 0 Å². The predicted molar refractivity (Wildman–Crippen MR) is 78.3 cm³/mol. The van der Waals surface area contributed by atoms with E-state index < -0.39 is 9.80 Å². The van der Waals surface area contributed by atoms with Crippen molar-refractivity contribution in [2.45, 2.75) is 0 Å². The maximum atomic E-state index is 11.4. The molecule has 0 radical (unpaired) electrons. The molecular formula is C14H13NO3S. The molecule has 0 amide bonds. The van der Waals surface area contributed by atoms with Crippen LogP contribution in [0.25, 0.3) is 10.8 Å². The van der Waals surface area contributed by atoms with Gasteiger partial charge in [-0.1, -0.05) is 35.5 Å². The second kappa shape index (κ2) is 4.28. The number of hydrogen-bond acceptors (Lipinski definition) is 4. The van der Waals surface area contributed by atoms with Crippen LogP contribution in [-0.4, -0.2) is 28.7 Å². The highest BCUT2D eigenvalue weighted by atomic mass is 32.2. The van der Waals surface area contributed by atoms with Gasteiger partial charge in [0.15, 0.2) is 0 Å². The normalized spacial score (nSPS) is 18.9. The Kier molecular flexibility index (Phi) is 2.71. The molecule has 0 fully saturated rings. The lowest BCUT2D eigenvalue weighted by Crippen LogP contribution is -2.06. The molecule has 0 bridgehead atoms. The number of oxime groups is 1. The quantitative estimate of drug-likeness (QED) is 0.623. The van der Waals surface area contributed by atoms with E-state index in [1.165, 1.54) is 6.26 Å². The van der Waals surface area contributed by atoms with E-state index in [9.17, 15) is 4.21 Å². The van der Waals surface area contributed by atoms with Gasteiger partial charge in [-0.2, -0.15) is 0 Å². The molecule has 19 heavy (non-hydrogen) atoms. The highest BCUT2D eigenvalue weighted by Crippen LogP contribution is 2.32. The summed E-state index contributed by atoms with van der Waals surface area (Å²) in [6.07, 6.45) is 1.40. The van der Waals surface area contributed by atoms with Crippen LogP contribution in [0, 0.1) is 0 Å². The molecule has 5 heteroatoms. The van der Waals surface area contributed by atoms with E-state index in [2.05, 4.69) is 11.0 Å². The summed E-state index contributed by atoms with van der Waals surface area (Å²) >= 11 is 0. The summed E-state index contributed by atoms with van der Waals surface area (Å²) in [7, 11) is -2.61. The molecule has 4 nitrogen and oxygen atoms in total. The first kappa shape index (κ1) is 12.0. The molecule has 0 aromatic heterocycles. The van der Waals surface area contributed by atoms with Gasteiger partial charge in [0.2, 0.25) is 0 Å². The number of rotatable bonds is 2. The zero-order valence-electron chi connectivity index (χ0n) is 10.5. The summed E-state index contributed by atoms with van der Waals surface area (Å²) < 4.78 is 21.9. The first-order valence-electron chi connectivity index (χ1n) is 5.77. The lowest BCUT2D eigenvalue weighted by Gasteiger charge is -2.04. The minimum atomic E-state index is -2.61. The van der Waals surface area contributed by atoms with Gasteiger partial charge in [-0.25, -0.2) is 4.21 Å². The fraction of sp³-hybridized carbons (Fsp3) is 0.143. The number of hydrogen-bond donors (Lipinski definition) is 0. The SMILES string of the molecule is C=S(C)(=O)O/N=C1\COc2ccc3ccccc3c21. The molecule has 0 spiro atoms. The fourth-order valence-electron chi connectivity index (χ4n) is 2.08. The van der Waals surface area contributed by atoms with Gasteiger partial charge in [-0.05, 0) is 22.7 Å². The van der Waals surface area contributed by atoms with Crippen LogP contribution in [0.5, 0.6) is 5.75 Å². The molecule has 1 unspecified atom stereocenters. The standard InChI is InChI=1S/C14H13NO3S/c1-19(2,16)18-15-12-9-17-13-8-7-10-5-3-4-6-11(10)14(12)13/h3-8H,1,9H2,2H3/b15-12+. The third-order valence-electron chi connectivity index (χ3n) is 2.85. The molecule has 1 atom stereocenters. The van der Waals surface area contributed by atoms with Gasteiger partial charge < -0.3 is 9.02 Å². The summed E-state index contributed by atoms with van der Waals surface area (Å²) in [4.78, 5) is 0. The third kappa shape index (κ3) is 2.29. The lowest BCUT2D eigenvalue weighted by molar-refractivity contribution is 0.360. The van der Waals surface area contributed by atoms with Crippen molar-refractivity contribution in [1.82, 2.24) is 0 Å². The van der Waals surface area contributed by atoms with E-state index in [1.807, 2.05) is 36.4 Å². The van der Waals surface area contributed by atoms with Gasteiger partial charge in [0.1, 0.15) is 27.9 Å². The van der Waals surface area contributed by atoms with Crippen LogP contribution in [0.15, 0.2) is 41.6 Å². The molecule has 0 saturated carbocycles. The van der Waals surface area contributed by atoms with Crippen LogP contribution in [0.2, 0.25) is 0 Å². The summed E-state index contributed by atoms with van der Waals surface area (Å²) in [6, 6.07) is 11.9. The van der Waals surface area contributed by atoms with Crippen LogP contribution < -0.4 is 4.74 Å². The molecule has 2 aromatic carbocycles. The zero-order chi connectivity index (χ0) is 13.5. The molecule has 1 aliphatic rings. The number of nitrogens with zero attached hydrogens (tertiary/aromatic N) is 1. The molecule has 98 valence electrons. The third-order valence-corrected chi connectivity index (χ3v) is 3.24. The lowest BCUT2D eigenvalue weighted by atomic mass is 10.0. The topological polar surface area (TPSA) is 47.9 Å². The second-order valence-corrected chi connectivity index (χ2v) is 6.49. The molecule has 0 saturated heterocycles. The molecule has 1 heterocycles. The van der Waals surface area contributed by atoms with Crippen molar-refractivity contribution in [3.8, 4) is 5.75 Å². The van der Waals surface area contributed by atoms with Crippen molar-refractivity contribution in [3.05, 3.63) is 42.0 Å². The molecule has 3 rings (SSSR count). The van der Waals surface area contributed by atoms with Crippen molar-refractivity contribution >= 4 is 32.2 Å². The monoisotopic (exact) mass is 275 g/mol. The van der Waals surface area contributed by atoms with Crippen LogP contribution in [0.1, 0.15) is 5.56 Å². The maximum absolute atomic E-state index is 11.4. The maximum Gasteiger partial charge on any atom is 0.142 e. The first-order chi connectivity index (χ1) is 9.04. The van der Waals surface area contributed by atoms with Crippen LogP contribution in [0.3, 0.4) is 0 Å². The Morgan fingerprint density at radius 2 is 2.11 bits per heavy atom. The molecule has 2 aromatic rings. The largest absolute Gasteiger partial charge is 0.486 e. The van der Waals surface area contributed by atoms with Crippen molar-refractivity contribution in [1.29, 1.82) is 0 Å². The highest BCUT2D eigenvalue weighted by molar-refractivity contribution is 7.95. The van der Waals surface area contributed by atoms with Crippen molar-refractivity contribution in [3.63, 3.8) is 0 Å². The van der Waals surface area contributed by atoms with E-state index in [0.29, 0.717) is 12.3 Å². The second-order valence-electron chi connectivity index (χ2n) is 4.49. The van der Waals surface area contributed by atoms with E-state index >= 15 is 0 Å². The van der Waals surface area contributed by atoms with Crippen molar-refractivity contribution in [2.24, 2.45) is 5.16 Å². The highest BCUT2D eigenvalue weighted by Gasteiger charge is 2.22. The van der Waals surface area contributed by atoms with E-state index in [-0.39, 0.29) is 0 Å². The fourth-order valence-corrected chi connectivity index (χ4v) is 2.33. The Morgan fingerprint density at radius 3 is 2.89 bits per heavy atom. The number of fused-ring (bicyclic) bond motifs is 3. The van der Waals surface area contributed by atoms with Crippen molar-refractivity contribution in [2.75, 3.05) is 12.9 Å². The molecule has 0 N–H and O–H groups in total. The number of ether oxygens (including phenoxy) is 1. The van der Waals surface area contributed by atoms with E-state index in [4.69, 9.17) is 9.02 Å². The average Bonchev–Trinajstić information content (AvgIpc) is 2.79. The van der Waals surface area contributed by atoms with E-state index in [0.717, 1.165) is 22.1 Å². The van der Waals surface area contributed by atoms with Gasteiger partial charge in [0.25, 0.3) is 0 Å². The van der Waals surface area contributed by atoms with Gasteiger partial charge in [-0.3, -0.25) is 0 Å². The summed E-state index contributed by atoms with van der Waals surface area (Å²) in [5.74, 6) is 4.18. The van der Waals surface area contributed by atoms with Gasteiger partial charge in [0.05, 0.1) is 5.56 Å². The van der Waals surface area contributed by atoms with Gasteiger partial charge in [0, 0.05) is 6.26 Å². The Hall–Kier alpha value is -2.01. The zero-order valence-corrected chi connectivity index (χ0v) is 11.3. The molecule has 1 aliphatic heterocycles. The molecule has 0 aliphatic carbocycles. The first-order valence-corrected chi connectivity index (χ1v) is 7.83. The molecular weight excluding hydrogens is 262 g/mol. The average molecular weight is 275 g/mol. The van der Waals surface area contributed by atoms with Crippen LogP contribution in [-0.2, 0) is 14.1 Å². The summed E-state index contributed by atoms with van der Waals surface area (Å²) in [5.41, 5.74) is 1.55. The van der Waals surface area contributed by atoms with Crippen LogP contribution >= 0.6 is 0 Å². The smallest absolute Gasteiger partial charge is 0.142 e. The Bertz CT molecular complexity index is 778. The Morgan fingerprint density at radius 1 is 1.32 bits per heavy atom. The minimum Gasteiger partial charge on any atom is -0.486 e. The number of benzene rings is 2. The van der Waals surface area contributed by atoms with Crippen molar-refractivity contribution < 1.29 is 13.2 Å². The summed E-state index contributed by atoms with van der Waals surface area (Å²) in [6.45, 7) is 0.318. The van der Waals surface area contributed by atoms with Crippen LogP contribution in [0.4, 0.5) is 0 Å².